The number of aromatic nitrogens is 4. The third kappa shape index (κ3) is 3.94. The van der Waals surface area contributed by atoms with Gasteiger partial charge in [-0.3, -0.25) is 9.55 Å². The number of fused-ring (bicyclic) bond motifs is 6. The van der Waals surface area contributed by atoms with Gasteiger partial charge in [-0.2, -0.15) is 0 Å². The lowest BCUT2D eigenvalue weighted by atomic mass is 9.89. The van der Waals surface area contributed by atoms with Gasteiger partial charge in [-0.15, -0.1) is 0 Å². The highest BCUT2D eigenvalue weighted by Crippen LogP contribution is 2.54. The molecule has 48 heavy (non-hydrogen) atoms. The summed E-state index contributed by atoms with van der Waals surface area (Å²) in [5, 5.41) is 4.79. The molecule has 4 heterocycles. The Bertz CT molecular complexity index is 2600. The Morgan fingerprint density at radius 1 is 0.521 bits per heavy atom. The van der Waals surface area contributed by atoms with E-state index in [1.54, 1.807) is 0 Å². The fourth-order valence-electron chi connectivity index (χ4n) is 7.37. The van der Waals surface area contributed by atoms with Crippen LogP contribution in [-0.4, -0.2) is 19.5 Å². The summed E-state index contributed by atoms with van der Waals surface area (Å²) in [4.78, 5) is 17.3. The molecule has 0 fully saturated rings. The van der Waals surface area contributed by atoms with E-state index >= 15 is 0 Å². The summed E-state index contributed by atoms with van der Waals surface area (Å²) in [5.74, 6) is 1.51. The Morgan fingerprint density at radius 3 is 2.10 bits per heavy atom. The number of anilines is 3. The van der Waals surface area contributed by atoms with Gasteiger partial charge in [0.25, 0.3) is 0 Å². The number of rotatable bonds is 4. The van der Waals surface area contributed by atoms with Crippen LogP contribution in [0.1, 0.15) is 0 Å². The molecule has 0 unspecified atom stereocenters. The third-order valence-electron chi connectivity index (χ3n) is 9.40. The van der Waals surface area contributed by atoms with Crippen LogP contribution in [0.3, 0.4) is 0 Å². The highest BCUT2D eigenvalue weighted by Gasteiger charge is 2.30. The van der Waals surface area contributed by atoms with Gasteiger partial charge in [0.15, 0.2) is 5.82 Å². The second kappa shape index (κ2) is 10.5. The zero-order valence-electron chi connectivity index (χ0n) is 25.8. The SMILES string of the molecule is c1ccc(-c2cc(-n3c4ccccc4c4c5c(ccc43)-c3cccc4cccc(c34)N5c3cccnc3)nc(-c3ccccc3)n2)cc1. The summed E-state index contributed by atoms with van der Waals surface area (Å²) in [5.41, 5.74) is 10.8. The van der Waals surface area contributed by atoms with Crippen molar-refractivity contribution in [3.63, 3.8) is 0 Å². The molecule has 6 aromatic carbocycles. The number of hydrogen-bond acceptors (Lipinski definition) is 4. The third-order valence-corrected chi connectivity index (χ3v) is 9.40. The number of hydrogen-bond donors (Lipinski definition) is 0. The molecule has 0 aliphatic carbocycles. The molecule has 0 bridgehead atoms. The molecule has 5 heteroatoms. The molecule has 9 aromatic rings. The summed E-state index contributed by atoms with van der Waals surface area (Å²) >= 11 is 0. The standard InChI is InChI=1S/C43H27N5/c1-3-12-28(13-4-1)35-26-39(46-43(45-35)30-14-5-2-6-15-30)48-36-21-8-7-19-34(36)41-38(48)24-23-33-32-20-9-16-29-17-10-22-37(40(29)32)47(42(33)41)31-18-11-25-44-27-31/h1-27H. The molecule has 0 amide bonds. The van der Waals surface area contributed by atoms with Crippen molar-refractivity contribution in [3.8, 4) is 39.6 Å². The van der Waals surface area contributed by atoms with Crippen LogP contribution in [-0.2, 0) is 0 Å². The van der Waals surface area contributed by atoms with E-state index in [0.29, 0.717) is 5.82 Å². The van der Waals surface area contributed by atoms with Crippen LogP contribution >= 0.6 is 0 Å². The summed E-state index contributed by atoms with van der Waals surface area (Å²) in [6, 6.07) is 53.2. The first-order valence-electron chi connectivity index (χ1n) is 16.1. The lowest BCUT2D eigenvalue weighted by Crippen LogP contribution is -2.15. The maximum Gasteiger partial charge on any atom is 0.162 e. The van der Waals surface area contributed by atoms with Crippen LogP contribution in [0.25, 0.3) is 72.2 Å². The highest BCUT2D eigenvalue weighted by molar-refractivity contribution is 6.24. The molecule has 0 radical (unpaired) electrons. The van der Waals surface area contributed by atoms with Crippen molar-refractivity contribution in [1.29, 1.82) is 0 Å². The molecular formula is C43H27N5. The van der Waals surface area contributed by atoms with E-state index in [1.807, 2.05) is 42.7 Å². The Balaban J connectivity index is 1.33. The molecule has 1 aliphatic heterocycles. The van der Waals surface area contributed by atoms with E-state index < -0.39 is 0 Å². The van der Waals surface area contributed by atoms with Gasteiger partial charge >= 0.3 is 0 Å². The molecule has 0 atom stereocenters. The molecule has 0 saturated carbocycles. The van der Waals surface area contributed by atoms with Gasteiger partial charge in [0, 0.05) is 45.1 Å². The van der Waals surface area contributed by atoms with Gasteiger partial charge in [-0.05, 0) is 41.3 Å². The lowest BCUT2D eigenvalue weighted by Gasteiger charge is -2.34. The van der Waals surface area contributed by atoms with Crippen molar-refractivity contribution in [3.05, 3.63) is 164 Å². The lowest BCUT2D eigenvalue weighted by molar-refractivity contribution is 1.05. The zero-order chi connectivity index (χ0) is 31.6. The minimum absolute atomic E-state index is 0.688. The van der Waals surface area contributed by atoms with Crippen molar-refractivity contribution < 1.29 is 0 Å². The molecule has 1 aliphatic rings. The Labute approximate surface area is 277 Å². The van der Waals surface area contributed by atoms with Crippen molar-refractivity contribution in [1.82, 2.24) is 19.5 Å². The maximum absolute atomic E-state index is 5.26. The van der Waals surface area contributed by atoms with Crippen LogP contribution < -0.4 is 4.90 Å². The van der Waals surface area contributed by atoms with Crippen LogP contribution in [0.4, 0.5) is 17.1 Å². The second-order valence-electron chi connectivity index (χ2n) is 12.1. The molecule has 0 spiro atoms. The molecule has 10 rings (SSSR count). The number of nitrogens with zero attached hydrogens (tertiary/aromatic N) is 5. The van der Waals surface area contributed by atoms with Gasteiger partial charge in [0.05, 0.1) is 40.0 Å². The molecule has 0 saturated heterocycles. The Kier molecular flexibility index (Phi) is 5.81. The average Bonchev–Trinajstić information content (AvgIpc) is 3.51. The first kappa shape index (κ1) is 26.6. The largest absolute Gasteiger partial charge is 0.307 e. The number of para-hydroxylation sites is 1. The predicted octanol–water partition coefficient (Wildman–Crippen LogP) is 10.9. The number of pyridine rings is 1. The summed E-state index contributed by atoms with van der Waals surface area (Å²) in [6.07, 6.45) is 3.79. The van der Waals surface area contributed by atoms with E-state index in [0.717, 1.165) is 56.1 Å². The van der Waals surface area contributed by atoms with E-state index in [2.05, 4.69) is 136 Å². The van der Waals surface area contributed by atoms with E-state index in [9.17, 15) is 0 Å². The van der Waals surface area contributed by atoms with Gasteiger partial charge in [-0.1, -0.05) is 115 Å². The molecule has 0 N–H and O–H groups in total. The van der Waals surface area contributed by atoms with E-state index in [1.165, 1.54) is 27.3 Å². The Morgan fingerprint density at radius 2 is 1.29 bits per heavy atom. The van der Waals surface area contributed by atoms with Crippen LogP contribution in [0.5, 0.6) is 0 Å². The van der Waals surface area contributed by atoms with Crippen molar-refractivity contribution in [2.75, 3.05) is 4.90 Å². The highest BCUT2D eigenvalue weighted by atomic mass is 15.2. The number of benzene rings is 6. The molecule has 3 aromatic heterocycles. The smallest absolute Gasteiger partial charge is 0.162 e. The molecule has 5 nitrogen and oxygen atoms in total. The minimum atomic E-state index is 0.688. The topological polar surface area (TPSA) is 46.8 Å². The van der Waals surface area contributed by atoms with Gasteiger partial charge in [0.1, 0.15) is 5.82 Å². The fraction of sp³-hybridized carbons (Fsp3) is 0. The summed E-state index contributed by atoms with van der Waals surface area (Å²) in [6.45, 7) is 0. The van der Waals surface area contributed by atoms with Crippen molar-refractivity contribution in [2.24, 2.45) is 0 Å². The molecule has 224 valence electrons. The quantitative estimate of drug-likeness (QED) is 0.198. The van der Waals surface area contributed by atoms with Gasteiger partial charge < -0.3 is 4.90 Å². The zero-order valence-corrected chi connectivity index (χ0v) is 25.8. The normalized spacial score (nSPS) is 12.1. The minimum Gasteiger partial charge on any atom is -0.307 e. The fourth-order valence-corrected chi connectivity index (χ4v) is 7.37. The maximum atomic E-state index is 5.26. The first-order chi connectivity index (χ1) is 23.8. The van der Waals surface area contributed by atoms with Crippen LogP contribution in [0, 0.1) is 0 Å². The van der Waals surface area contributed by atoms with Gasteiger partial charge in [-0.25, -0.2) is 9.97 Å². The monoisotopic (exact) mass is 613 g/mol. The van der Waals surface area contributed by atoms with Crippen molar-refractivity contribution >= 4 is 49.6 Å². The summed E-state index contributed by atoms with van der Waals surface area (Å²) in [7, 11) is 0. The van der Waals surface area contributed by atoms with Crippen LogP contribution in [0.2, 0.25) is 0 Å². The van der Waals surface area contributed by atoms with E-state index in [-0.39, 0.29) is 0 Å². The second-order valence-corrected chi connectivity index (χ2v) is 12.1. The van der Waals surface area contributed by atoms with Gasteiger partial charge in [0.2, 0.25) is 0 Å². The Hall–Kier alpha value is -6.59. The molecular weight excluding hydrogens is 587 g/mol. The van der Waals surface area contributed by atoms with Crippen LogP contribution in [0.15, 0.2) is 164 Å². The predicted molar refractivity (Wildman–Crippen MR) is 196 cm³/mol. The summed E-state index contributed by atoms with van der Waals surface area (Å²) < 4.78 is 2.30. The first-order valence-corrected chi connectivity index (χ1v) is 16.1. The van der Waals surface area contributed by atoms with Crippen molar-refractivity contribution in [2.45, 2.75) is 0 Å². The van der Waals surface area contributed by atoms with E-state index in [4.69, 9.17) is 9.97 Å². The average molecular weight is 614 g/mol.